The lowest BCUT2D eigenvalue weighted by atomic mass is 9.67. The van der Waals surface area contributed by atoms with Gasteiger partial charge < -0.3 is 10.4 Å². The largest absolute Gasteiger partial charge is 0.389 e. The van der Waals surface area contributed by atoms with Crippen LogP contribution < -0.4 is 5.32 Å². The van der Waals surface area contributed by atoms with Crippen molar-refractivity contribution in [1.82, 2.24) is 0 Å². The average Bonchev–Trinajstić information content (AvgIpc) is 2.38. The number of aliphatic hydroxyl groups is 1. The molecule has 98 valence electrons. The van der Waals surface area contributed by atoms with E-state index in [0.29, 0.717) is 12.0 Å². The molecule has 1 aliphatic heterocycles. The van der Waals surface area contributed by atoms with Crippen LogP contribution in [0.3, 0.4) is 0 Å². The van der Waals surface area contributed by atoms with Crippen LogP contribution in [-0.2, 0) is 0 Å². The molecule has 1 saturated carbocycles. The topological polar surface area (TPSA) is 36.8 Å². The van der Waals surface area contributed by atoms with Crippen molar-refractivity contribution in [1.29, 1.82) is 0 Å². The van der Waals surface area contributed by atoms with Gasteiger partial charge in [0.05, 0.1) is 12.1 Å². The zero-order chi connectivity index (χ0) is 12.6. The summed E-state index contributed by atoms with van der Waals surface area (Å²) in [6.07, 6.45) is 5.60. The molecule has 2 nitrogen and oxygen atoms in total. The molecule has 0 aromatic heterocycles. The van der Waals surface area contributed by atoms with Crippen LogP contribution >= 0.6 is 15.9 Å². The van der Waals surface area contributed by atoms with Crippen molar-refractivity contribution in [3.8, 4) is 0 Å². The molecule has 0 amide bonds. The molecule has 3 N–H and O–H groups in total. The van der Waals surface area contributed by atoms with Gasteiger partial charge in [0.2, 0.25) is 0 Å². The standard InChI is InChI=1S/C15H20BrNO/c16-12-6-4-11(5-7-12)14-13-3-1-2-8-15(13,18)9-10-17-14/h4-7,13-14,17-18H,1-3,8-10H2/p+1/t13-,14+,15+/m0/s1. The van der Waals surface area contributed by atoms with Gasteiger partial charge in [0.25, 0.3) is 0 Å². The maximum absolute atomic E-state index is 10.8. The second-order valence-electron chi connectivity index (χ2n) is 5.81. The minimum absolute atomic E-state index is 0.398. The van der Waals surface area contributed by atoms with Gasteiger partial charge in [-0.2, -0.15) is 0 Å². The van der Waals surface area contributed by atoms with E-state index in [1.165, 1.54) is 24.8 Å². The Morgan fingerprint density at radius 3 is 2.72 bits per heavy atom. The molecule has 0 radical (unpaired) electrons. The van der Waals surface area contributed by atoms with Gasteiger partial charge in [-0.05, 0) is 25.0 Å². The van der Waals surface area contributed by atoms with Gasteiger partial charge in [0.1, 0.15) is 6.04 Å². The van der Waals surface area contributed by atoms with Gasteiger partial charge in [0, 0.05) is 22.4 Å². The molecular formula is C15H21BrNO+. The number of hydrogen-bond donors (Lipinski definition) is 2. The average molecular weight is 311 g/mol. The van der Waals surface area contributed by atoms with Crippen LogP contribution in [0.25, 0.3) is 0 Å². The summed E-state index contributed by atoms with van der Waals surface area (Å²) in [7, 11) is 0. The van der Waals surface area contributed by atoms with E-state index >= 15 is 0 Å². The van der Waals surface area contributed by atoms with E-state index in [-0.39, 0.29) is 0 Å². The van der Waals surface area contributed by atoms with Crippen LogP contribution in [0.5, 0.6) is 0 Å². The fourth-order valence-corrected chi connectivity index (χ4v) is 4.07. The third kappa shape index (κ3) is 2.24. The molecule has 2 fully saturated rings. The lowest BCUT2D eigenvalue weighted by Crippen LogP contribution is -2.91. The van der Waals surface area contributed by atoms with Crippen LogP contribution in [0.1, 0.15) is 43.7 Å². The minimum Gasteiger partial charge on any atom is -0.389 e. The fraction of sp³-hybridized carbons (Fsp3) is 0.600. The van der Waals surface area contributed by atoms with E-state index in [4.69, 9.17) is 0 Å². The number of nitrogens with two attached hydrogens (primary N) is 1. The van der Waals surface area contributed by atoms with Crippen molar-refractivity contribution in [2.24, 2.45) is 5.92 Å². The van der Waals surface area contributed by atoms with Crippen LogP contribution in [0.2, 0.25) is 0 Å². The number of benzene rings is 1. The van der Waals surface area contributed by atoms with Crippen LogP contribution in [-0.4, -0.2) is 17.3 Å². The molecule has 18 heavy (non-hydrogen) atoms. The molecule has 3 rings (SSSR count). The Kier molecular flexibility index (Phi) is 3.48. The highest BCUT2D eigenvalue weighted by atomic mass is 79.9. The molecule has 1 aromatic carbocycles. The van der Waals surface area contributed by atoms with E-state index < -0.39 is 5.60 Å². The van der Waals surface area contributed by atoms with E-state index in [1.807, 2.05) is 0 Å². The summed E-state index contributed by atoms with van der Waals surface area (Å²) in [6.45, 7) is 1.05. The SMILES string of the molecule is O[C@@]12CCCC[C@H]1[C@@H](c1ccc(Br)cc1)[NH2+]CC2. The first-order valence-electron chi connectivity index (χ1n) is 7.00. The van der Waals surface area contributed by atoms with Gasteiger partial charge in [-0.25, -0.2) is 0 Å². The van der Waals surface area contributed by atoms with E-state index in [9.17, 15) is 5.11 Å². The zero-order valence-electron chi connectivity index (χ0n) is 10.6. The van der Waals surface area contributed by atoms with Crippen molar-refractivity contribution in [2.45, 2.75) is 43.7 Å². The quantitative estimate of drug-likeness (QED) is 0.821. The third-order valence-electron chi connectivity index (χ3n) is 4.75. The molecular weight excluding hydrogens is 290 g/mol. The lowest BCUT2D eigenvalue weighted by molar-refractivity contribution is -0.719. The first-order valence-corrected chi connectivity index (χ1v) is 7.79. The van der Waals surface area contributed by atoms with E-state index in [0.717, 1.165) is 23.9 Å². The maximum atomic E-state index is 10.8. The van der Waals surface area contributed by atoms with Crippen molar-refractivity contribution in [3.05, 3.63) is 34.3 Å². The van der Waals surface area contributed by atoms with Crippen LogP contribution in [0.15, 0.2) is 28.7 Å². The highest BCUT2D eigenvalue weighted by molar-refractivity contribution is 9.10. The van der Waals surface area contributed by atoms with Crippen LogP contribution in [0, 0.1) is 5.92 Å². The normalized spacial score (nSPS) is 36.1. The molecule has 3 atom stereocenters. The molecule has 2 aliphatic rings. The zero-order valence-corrected chi connectivity index (χ0v) is 12.2. The summed E-state index contributed by atoms with van der Waals surface area (Å²) in [4.78, 5) is 0. The van der Waals surface area contributed by atoms with Crippen molar-refractivity contribution < 1.29 is 10.4 Å². The highest BCUT2D eigenvalue weighted by Crippen LogP contribution is 2.43. The molecule has 0 bridgehead atoms. The summed E-state index contributed by atoms with van der Waals surface area (Å²) in [6, 6.07) is 9.06. The molecule has 3 heteroatoms. The van der Waals surface area contributed by atoms with Crippen molar-refractivity contribution in [3.63, 3.8) is 0 Å². The second-order valence-corrected chi connectivity index (χ2v) is 6.72. The smallest absolute Gasteiger partial charge is 0.117 e. The summed E-state index contributed by atoms with van der Waals surface area (Å²) < 4.78 is 1.13. The number of quaternary nitrogens is 1. The molecule has 1 saturated heterocycles. The second kappa shape index (κ2) is 4.95. The van der Waals surface area contributed by atoms with E-state index in [2.05, 4.69) is 45.5 Å². The molecule has 1 heterocycles. The van der Waals surface area contributed by atoms with Gasteiger partial charge in [-0.3, -0.25) is 0 Å². The maximum Gasteiger partial charge on any atom is 0.117 e. The molecule has 1 aliphatic carbocycles. The first kappa shape index (κ1) is 12.6. The Labute approximate surface area is 117 Å². The lowest BCUT2D eigenvalue weighted by Gasteiger charge is -2.46. The highest BCUT2D eigenvalue weighted by Gasteiger charge is 2.48. The fourth-order valence-electron chi connectivity index (χ4n) is 3.80. The Morgan fingerprint density at radius 2 is 1.94 bits per heavy atom. The number of hydrogen-bond acceptors (Lipinski definition) is 1. The molecule has 0 unspecified atom stereocenters. The summed E-state index contributed by atoms with van der Waals surface area (Å²) >= 11 is 3.49. The molecule has 0 spiro atoms. The summed E-state index contributed by atoms with van der Waals surface area (Å²) in [5.74, 6) is 0.432. The predicted octanol–water partition coefficient (Wildman–Crippen LogP) is 2.38. The number of fused-ring (bicyclic) bond motifs is 1. The van der Waals surface area contributed by atoms with Gasteiger partial charge in [-0.15, -0.1) is 0 Å². The third-order valence-corrected chi connectivity index (χ3v) is 5.28. The Balaban J connectivity index is 1.88. The summed E-state index contributed by atoms with van der Waals surface area (Å²) in [5.41, 5.74) is 0.966. The number of halogens is 1. The Morgan fingerprint density at radius 1 is 1.17 bits per heavy atom. The molecule has 1 aromatic rings. The van der Waals surface area contributed by atoms with Gasteiger partial charge >= 0.3 is 0 Å². The van der Waals surface area contributed by atoms with Crippen molar-refractivity contribution in [2.75, 3.05) is 6.54 Å². The Bertz CT molecular complexity index is 415. The summed E-state index contributed by atoms with van der Waals surface area (Å²) in [5, 5.41) is 13.3. The number of rotatable bonds is 1. The van der Waals surface area contributed by atoms with E-state index in [1.54, 1.807) is 0 Å². The number of piperidine rings is 1. The van der Waals surface area contributed by atoms with Gasteiger partial charge in [0.15, 0.2) is 0 Å². The van der Waals surface area contributed by atoms with Crippen molar-refractivity contribution >= 4 is 15.9 Å². The predicted molar refractivity (Wildman–Crippen MR) is 75.2 cm³/mol. The minimum atomic E-state index is -0.398. The first-order chi connectivity index (χ1) is 8.69. The van der Waals surface area contributed by atoms with Gasteiger partial charge in [-0.1, -0.05) is 40.9 Å². The monoisotopic (exact) mass is 310 g/mol. The Hall–Kier alpha value is -0.380. The van der Waals surface area contributed by atoms with Crippen LogP contribution in [0.4, 0.5) is 0 Å².